The van der Waals surface area contributed by atoms with Gasteiger partial charge in [0.25, 0.3) is 0 Å². The lowest BCUT2D eigenvalue weighted by Crippen LogP contribution is -2.43. The zero-order valence-corrected chi connectivity index (χ0v) is 17.6. The third kappa shape index (κ3) is 6.21. The van der Waals surface area contributed by atoms with Crippen LogP contribution < -0.4 is 14.8 Å². The first-order chi connectivity index (χ1) is 14.1. The van der Waals surface area contributed by atoms with E-state index in [1.165, 1.54) is 5.56 Å². The molecule has 0 radical (unpaired) electrons. The second-order valence-electron chi connectivity index (χ2n) is 7.52. The van der Waals surface area contributed by atoms with Crippen molar-refractivity contribution >= 4 is 11.6 Å². The Balaban J connectivity index is 1.51. The number of likely N-dealkylation sites (N-methyl/N-ethyl adjacent to an activating group) is 1. The maximum Gasteiger partial charge on any atom is 0.224 e. The van der Waals surface area contributed by atoms with E-state index < -0.39 is 0 Å². The predicted molar refractivity (Wildman–Crippen MR) is 116 cm³/mol. The minimum absolute atomic E-state index is 0.0107. The summed E-state index contributed by atoms with van der Waals surface area (Å²) in [5.41, 5.74) is 3.13. The number of carbonyl (C=O) groups excluding carboxylic acids is 1. The van der Waals surface area contributed by atoms with Crippen LogP contribution in [0.2, 0.25) is 0 Å². The standard InChI is InChI=1S/C23H31N3O3/c1-25-11-13-26(14-12-25)17-19-5-4-6-20(15-19)24-23(27)10-8-18-7-9-21(28-2)22(16-18)29-3/h4-7,9,15-16H,8,10-14,17H2,1-3H3,(H,24,27). The van der Waals surface area contributed by atoms with Crippen LogP contribution in [0.25, 0.3) is 0 Å². The Morgan fingerprint density at radius 3 is 2.45 bits per heavy atom. The molecule has 156 valence electrons. The van der Waals surface area contributed by atoms with Gasteiger partial charge in [0.2, 0.25) is 5.91 Å². The summed E-state index contributed by atoms with van der Waals surface area (Å²) >= 11 is 0. The van der Waals surface area contributed by atoms with Crippen LogP contribution >= 0.6 is 0 Å². The highest BCUT2D eigenvalue weighted by molar-refractivity contribution is 5.90. The zero-order valence-electron chi connectivity index (χ0n) is 17.6. The first-order valence-electron chi connectivity index (χ1n) is 10.1. The Morgan fingerprint density at radius 1 is 0.966 bits per heavy atom. The van der Waals surface area contributed by atoms with E-state index in [1.54, 1.807) is 14.2 Å². The average Bonchev–Trinajstić information content (AvgIpc) is 2.74. The van der Waals surface area contributed by atoms with Gasteiger partial charge in [-0.05, 0) is 48.9 Å². The number of amides is 1. The van der Waals surface area contributed by atoms with Crippen molar-refractivity contribution in [2.45, 2.75) is 19.4 Å². The van der Waals surface area contributed by atoms with Gasteiger partial charge in [-0.3, -0.25) is 9.69 Å². The molecule has 6 nitrogen and oxygen atoms in total. The van der Waals surface area contributed by atoms with Crippen molar-refractivity contribution in [3.63, 3.8) is 0 Å². The first kappa shape index (κ1) is 21.1. The van der Waals surface area contributed by atoms with E-state index in [-0.39, 0.29) is 5.91 Å². The van der Waals surface area contributed by atoms with Crippen molar-refractivity contribution in [3.05, 3.63) is 53.6 Å². The first-order valence-corrected chi connectivity index (χ1v) is 10.1. The Morgan fingerprint density at radius 2 is 1.72 bits per heavy atom. The molecule has 2 aromatic carbocycles. The predicted octanol–water partition coefficient (Wildman–Crippen LogP) is 3.02. The smallest absolute Gasteiger partial charge is 0.224 e. The number of nitrogens with one attached hydrogen (secondary N) is 1. The number of carbonyl (C=O) groups is 1. The van der Waals surface area contributed by atoms with E-state index in [4.69, 9.17) is 9.47 Å². The molecule has 3 rings (SSSR count). The van der Waals surface area contributed by atoms with Gasteiger partial charge < -0.3 is 19.7 Å². The van der Waals surface area contributed by atoms with Crippen LogP contribution in [-0.4, -0.2) is 63.2 Å². The minimum atomic E-state index is 0.0107. The molecule has 1 heterocycles. The van der Waals surface area contributed by atoms with Crippen molar-refractivity contribution in [1.29, 1.82) is 0 Å². The molecule has 1 aliphatic heterocycles. The zero-order chi connectivity index (χ0) is 20.6. The summed E-state index contributed by atoms with van der Waals surface area (Å²) in [6.45, 7) is 5.29. The molecule has 0 atom stereocenters. The van der Waals surface area contributed by atoms with E-state index in [0.29, 0.717) is 24.3 Å². The fraction of sp³-hybridized carbons (Fsp3) is 0.435. The van der Waals surface area contributed by atoms with Crippen LogP contribution in [0.3, 0.4) is 0 Å². The van der Waals surface area contributed by atoms with Crippen LogP contribution in [0.1, 0.15) is 17.5 Å². The van der Waals surface area contributed by atoms with E-state index >= 15 is 0 Å². The maximum absolute atomic E-state index is 12.4. The van der Waals surface area contributed by atoms with E-state index in [1.807, 2.05) is 30.3 Å². The summed E-state index contributed by atoms with van der Waals surface area (Å²) in [4.78, 5) is 17.2. The van der Waals surface area contributed by atoms with Gasteiger partial charge in [0.05, 0.1) is 14.2 Å². The molecule has 0 bridgehead atoms. The number of piperazine rings is 1. The lowest BCUT2D eigenvalue weighted by molar-refractivity contribution is -0.116. The molecule has 2 aromatic rings. The van der Waals surface area contributed by atoms with Crippen molar-refractivity contribution in [3.8, 4) is 11.5 Å². The molecule has 1 amide bonds. The normalized spacial score (nSPS) is 15.1. The number of benzene rings is 2. The van der Waals surface area contributed by atoms with Gasteiger partial charge in [-0.25, -0.2) is 0 Å². The average molecular weight is 398 g/mol. The fourth-order valence-corrected chi connectivity index (χ4v) is 3.53. The molecule has 0 unspecified atom stereocenters. The summed E-state index contributed by atoms with van der Waals surface area (Å²) in [6.07, 6.45) is 1.06. The number of aryl methyl sites for hydroxylation is 1. The molecule has 29 heavy (non-hydrogen) atoms. The molecule has 1 saturated heterocycles. The highest BCUT2D eigenvalue weighted by Crippen LogP contribution is 2.28. The number of hydrogen-bond donors (Lipinski definition) is 1. The molecular weight excluding hydrogens is 366 g/mol. The molecule has 0 spiro atoms. The molecular formula is C23H31N3O3. The lowest BCUT2D eigenvalue weighted by Gasteiger charge is -2.32. The van der Waals surface area contributed by atoms with Gasteiger partial charge in [-0.15, -0.1) is 0 Å². The van der Waals surface area contributed by atoms with Crippen LogP contribution in [-0.2, 0) is 17.8 Å². The second kappa shape index (κ2) is 10.3. The number of anilines is 1. The van der Waals surface area contributed by atoms with E-state index in [9.17, 15) is 4.79 Å². The summed E-state index contributed by atoms with van der Waals surface area (Å²) in [6, 6.07) is 13.9. The lowest BCUT2D eigenvalue weighted by atomic mass is 10.1. The minimum Gasteiger partial charge on any atom is -0.493 e. The monoisotopic (exact) mass is 397 g/mol. The van der Waals surface area contributed by atoms with Crippen LogP contribution in [0.4, 0.5) is 5.69 Å². The summed E-state index contributed by atoms with van der Waals surface area (Å²) in [5.74, 6) is 1.39. The SMILES string of the molecule is COc1ccc(CCC(=O)Nc2cccc(CN3CCN(C)CC3)c2)cc1OC. The molecule has 0 aromatic heterocycles. The quantitative estimate of drug-likeness (QED) is 0.742. The highest BCUT2D eigenvalue weighted by Gasteiger charge is 2.14. The molecule has 0 saturated carbocycles. The maximum atomic E-state index is 12.4. The Kier molecular flexibility index (Phi) is 7.49. The molecule has 1 N–H and O–H groups in total. The Labute approximate surface area is 173 Å². The largest absolute Gasteiger partial charge is 0.493 e. The summed E-state index contributed by atoms with van der Waals surface area (Å²) in [5, 5.41) is 3.03. The Bertz CT molecular complexity index is 817. The molecule has 6 heteroatoms. The topological polar surface area (TPSA) is 54.0 Å². The summed E-state index contributed by atoms with van der Waals surface area (Å²) in [7, 11) is 5.39. The van der Waals surface area contributed by atoms with Crippen molar-refractivity contribution < 1.29 is 14.3 Å². The van der Waals surface area contributed by atoms with Gasteiger partial charge in [0.1, 0.15) is 0 Å². The van der Waals surface area contributed by atoms with Crippen LogP contribution in [0, 0.1) is 0 Å². The van der Waals surface area contributed by atoms with Gasteiger partial charge in [0.15, 0.2) is 11.5 Å². The van der Waals surface area contributed by atoms with E-state index in [0.717, 1.165) is 44.0 Å². The van der Waals surface area contributed by atoms with Crippen molar-refractivity contribution in [2.24, 2.45) is 0 Å². The van der Waals surface area contributed by atoms with Gasteiger partial charge >= 0.3 is 0 Å². The number of nitrogens with zero attached hydrogens (tertiary/aromatic N) is 2. The van der Waals surface area contributed by atoms with Crippen molar-refractivity contribution in [2.75, 3.05) is 52.8 Å². The van der Waals surface area contributed by atoms with Crippen LogP contribution in [0.5, 0.6) is 11.5 Å². The van der Waals surface area contributed by atoms with Gasteiger partial charge in [-0.1, -0.05) is 18.2 Å². The third-order valence-electron chi connectivity index (χ3n) is 5.30. The van der Waals surface area contributed by atoms with E-state index in [2.05, 4.69) is 34.3 Å². The molecule has 0 aliphatic carbocycles. The molecule has 1 aliphatic rings. The summed E-state index contributed by atoms with van der Waals surface area (Å²) < 4.78 is 10.6. The fourth-order valence-electron chi connectivity index (χ4n) is 3.53. The number of hydrogen-bond acceptors (Lipinski definition) is 5. The number of methoxy groups -OCH3 is 2. The van der Waals surface area contributed by atoms with Gasteiger partial charge in [0, 0.05) is 44.8 Å². The highest BCUT2D eigenvalue weighted by atomic mass is 16.5. The van der Waals surface area contributed by atoms with Crippen molar-refractivity contribution in [1.82, 2.24) is 9.80 Å². The second-order valence-corrected chi connectivity index (χ2v) is 7.52. The number of rotatable bonds is 8. The van der Waals surface area contributed by atoms with Crippen LogP contribution in [0.15, 0.2) is 42.5 Å². The number of ether oxygens (including phenoxy) is 2. The third-order valence-corrected chi connectivity index (χ3v) is 5.30. The Hall–Kier alpha value is -2.57. The van der Waals surface area contributed by atoms with Gasteiger partial charge in [-0.2, -0.15) is 0 Å². The molecule has 1 fully saturated rings.